The molecular weight excluding hydrogens is 464 g/mol. The van der Waals surface area contributed by atoms with Gasteiger partial charge in [0.05, 0.1) is 13.7 Å². The zero-order valence-electron chi connectivity index (χ0n) is 20.3. The fraction of sp³-hybridized carbons (Fsp3) is 0.500. The molecule has 0 bridgehead atoms. The van der Waals surface area contributed by atoms with Crippen molar-refractivity contribution in [2.75, 3.05) is 20.3 Å². The molecule has 0 N–H and O–H groups in total. The Morgan fingerprint density at radius 2 is 1.51 bits per heavy atom. The van der Waals surface area contributed by atoms with Crippen LogP contribution >= 0.6 is 0 Å². The molecule has 1 aromatic rings. The molecular formula is C24H30O11. The van der Waals surface area contributed by atoms with E-state index in [-0.39, 0.29) is 13.2 Å². The molecule has 2 rings (SSSR count). The summed E-state index contributed by atoms with van der Waals surface area (Å²) in [6, 6.07) is 7.34. The van der Waals surface area contributed by atoms with Crippen molar-refractivity contribution in [2.45, 2.75) is 58.4 Å². The van der Waals surface area contributed by atoms with Gasteiger partial charge in [0.1, 0.15) is 18.5 Å². The molecule has 0 amide bonds. The van der Waals surface area contributed by atoms with Crippen molar-refractivity contribution in [1.82, 2.24) is 0 Å². The van der Waals surface area contributed by atoms with E-state index in [9.17, 15) is 19.2 Å². The van der Waals surface area contributed by atoms with E-state index in [4.69, 9.17) is 33.2 Å². The zero-order valence-corrected chi connectivity index (χ0v) is 20.3. The SMILES string of the molecule is COc1cccc(/C=C/CO[C@@H]2OC(COC(C)=O)[C@@H](OC(C)=O)C(OC(C)=O)C2OC(C)=O)c1. The zero-order chi connectivity index (χ0) is 26.0. The second kappa shape index (κ2) is 13.4. The maximum absolute atomic E-state index is 11.8. The van der Waals surface area contributed by atoms with Gasteiger partial charge >= 0.3 is 23.9 Å². The quantitative estimate of drug-likeness (QED) is 0.348. The molecule has 0 spiro atoms. The van der Waals surface area contributed by atoms with Crippen molar-refractivity contribution in [3.05, 3.63) is 35.9 Å². The first-order valence-corrected chi connectivity index (χ1v) is 10.8. The first-order chi connectivity index (χ1) is 16.6. The Morgan fingerprint density at radius 3 is 2.11 bits per heavy atom. The van der Waals surface area contributed by atoms with Crippen molar-refractivity contribution in [1.29, 1.82) is 0 Å². The van der Waals surface area contributed by atoms with E-state index in [2.05, 4.69) is 0 Å². The minimum atomic E-state index is -1.28. The first kappa shape index (κ1) is 27.8. The highest BCUT2D eigenvalue weighted by atomic mass is 16.7. The largest absolute Gasteiger partial charge is 0.497 e. The fourth-order valence-electron chi connectivity index (χ4n) is 3.40. The van der Waals surface area contributed by atoms with E-state index in [0.717, 1.165) is 26.3 Å². The molecule has 1 fully saturated rings. The van der Waals surface area contributed by atoms with Crippen LogP contribution in [-0.2, 0) is 47.6 Å². The van der Waals surface area contributed by atoms with Gasteiger partial charge in [-0.2, -0.15) is 0 Å². The Bertz CT molecular complexity index is 926. The molecule has 1 aliphatic heterocycles. The number of carbonyl (C=O) groups is 4. The second-order valence-electron chi connectivity index (χ2n) is 7.58. The Kier molecular flexibility index (Phi) is 10.7. The third-order valence-electron chi connectivity index (χ3n) is 4.71. The average molecular weight is 494 g/mol. The van der Waals surface area contributed by atoms with Gasteiger partial charge in [0.25, 0.3) is 0 Å². The lowest BCUT2D eigenvalue weighted by Crippen LogP contribution is -2.62. The Morgan fingerprint density at radius 1 is 0.886 bits per heavy atom. The van der Waals surface area contributed by atoms with E-state index in [0.29, 0.717) is 5.75 Å². The van der Waals surface area contributed by atoms with Crippen molar-refractivity contribution in [2.24, 2.45) is 0 Å². The smallest absolute Gasteiger partial charge is 0.303 e. The molecule has 1 aliphatic rings. The van der Waals surface area contributed by atoms with Crippen molar-refractivity contribution < 1.29 is 52.3 Å². The Labute approximate surface area is 203 Å². The van der Waals surface area contributed by atoms with Crippen LogP contribution in [0.25, 0.3) is 6.08 Å². The van der Waals surface area contributed by atoms with Gasteiger partial charge in [-0.15, -0.1) is 0 Å². The Hall–Kier alpha value is -3.44. The van der Waals surface area contributed by atoms with E-state index < -0.39 is 54.6 Å². The maximum Gasteiger partial charge on any atom is 0.303 e. The molecule has 11 nitrogen and oxygen atoms in total. The van der Waals surface area contributed by atoms with Crippen LogP contribution < -0.4 is 4.74 Å². The lowest BCUT2D eigenvalue weighted by molar-refractivity contribution is -0.305. The minimum Gasteiger partial charge on any atom is -0.497 e. The number of hydrogen-bond donors (Lipinski definition) is 0. The number of methoxy groups -OCH3 is 1. The summed E-state index contributed by atoms with van der Waals surface area (Å²) in [6.45, 7) is 4.37. The van der Waals surface area contributed by atoms with Crippen molar-refractivity contribution >= 4 is 30.0 Å². The molecule has 35 heavy (non-hydrogen) atoms. The molecule has 1 heterocycles. The summed E-state index contributed by atoms with van der Waals surface area (Å²) in [4.78, 5) is 46.8. The predicted molar refractivity (Wildman–Crippen MR) is 120 cm³/mol. The van der Waals surface area contributed by atoms with Gasteiger partial charge in [-0.05, 0) is 17.7 Å². The second-order valence-corrected chi connectivity index (χ2v) is 7.58. The van der Waals surface area contributed by atoms with Crippen molar-refractivity contribution in [3.63, 3.8) is 0 Å². The fourth-order valence-corrected chi connectivity index (χ4v) is 3.40. The number of ether oxygens (including phenoxy) is 7. The molecule has 3 unspecified atom stereocenters. The molecule has 192 valence electrons. The number of hydrogen-bond acceptors (Lipinski definition) is 11. The monoisotopic (exact) mass is 494 g/mol. The van der Waals surface area contributed by atoms with Gasteiger partial charge in [-0.3, -0.25) is 19.2 Å². The highest BCUT2D eigenvalue weighted by Gasteiger charge is 2.52. The van der Waals surface area contributed by atoms with Crippen molar-refractivity contribution in [3.8, 4) is 5.75 Å². The van der Waals surface area contributed by atoms with E-state index >= 15 is 0 Å². The highest BCUT2D eigenvalue weighted by Crippen LogP contribution is 2.30. The summed E-state index contributed by atoms with van der Waals surface area (Å²) in [7, 11) is 1.57. The summed E-state index contributed by atoms with van der Waals surface area (Å²) >= 11 is 0. The third kappa shape index (κ3) is 9.02. The average Bonchev–Trinajstić information content (AvgIpc) is 2.78. The van der Waals surface area contributed by atoms with Gasteiger partial charge in [0, 0.05) is 27.7 Å². The van der Waals surface area contributed by atoms with Crippen LogP contribution in [0.15, 0.2) is 30.3 Å². The van der Waals surface area contributed by atoms with Crippen LogP contribution in [0.1, 0.15) is 33.3 Å². The van der Waals surface area contributed by atoms with Crippen LogP contribution in [0, 0.1) is 0 Å². The van der Waals surface area contributed by atoms with Crippen LogP contribution in [0.3, 0.4) is 0 Å². The topological polar surface area (TPSA) is 133 Å². The summed E-state index contributed by atoms with van der Waals surface area (Å²) in [5.74, 6) is -2.02. The van der Waals surface area contributed by atoms with Gasteiger partial charge in [-0.25, -0.2) is 0 Å². The lowest BCUT2D eigenvalue weighted by Gasteiger charge is -2.43. The number of rotatable bonds is 10. The summed E-state index contributed by atoms with van der Waals surface area (Å²) in [6.07, 6.45) is -2.58. The van der Waals surface area contributed by atoms with E-state index in [1.54, 1.807) is 19.3 Å². The summed E-state index contributed by atoms with van der Waals surface area (Å²) in [5, 5.41) is 0. The number of carbonyl (C=O) groups excluding carboxylic acids is 4. The van der Waals surface area contributed by atoms with Crippen LogP contribution in [-0.4, -0.2) is 74.9 Å². The Balaban J connectivity index is 2.27. The van der Waals surface area contributed by atoms with Gasteiger partial charge in [0.2, 0.25) is 0 Å². The molecule has 5 atom stereocenters. The standard InChI is InChI=1S/C24H30O11/c1-14(25)31-13-20-21(32-15(2)26)22(33-16(3)27)23(34-17(4)28)24(35-20)30-11-7-9-18-8-6-10-19(12-18)29-5/h6-10,12,20-24H,11,13H2,1-5H3/b9-7+/t20?,21-,22?,23?,24-/m1/s1. The van der Waals surface area contributed by atoms with Gasteiger partial charge in [-0.1, -0.05) is 24.3 Å². The minimum absolute atomic E-state index is 0.0188. The number of esters is 4. The van der Waals surface area contributed by atoms with Gasteiger partial charge < -0.3 is 33.2 Å². The molecule has 1 aromatic carbocycles. The van der Waals surface area contributed by atoms with Gasteiger partial charge in [0.15, 0.2) is 24.6 Å². The molecule has 0 saturated carbocycles. The maximum atomic E-state index is 11.8. The van der Waals surface area contributed by atoms with Crippen LogP contribution in [0.5, 0.6) is 5.75 Å². The number of benzene rings is 1. The highest BCUT2D eigenvalue weighted by molar-refractivity contribution is 5.68. The normalized spacial score (nSPS) is 23.9. The van der Waals surface area contributed by atoms with Crippen LogP contribution in [0.2, 0.25) is 0 Å². The molecule has 0 radical (unpaired) electrons. The summed E-state index contributed by atoms with van der Waals surface area (Å²) < 4.78 is 37.9. The first-order valence-electron chi connectivity index (χ1n) is 10.8. The van der Waals surface area contributed by atoms with E-state index in [1.807, 2.05) is 24.3 Å². The van der Waals surface area contributed by atoms with E-state index in [1.165, 1.54) is 6.92 Å². The predicted octanol–water partition coefficient (Wildman–Crippen LogP) is 1.81. The summed E-state index contributed by atoms with van der Waals surface area (Å²) in [5.41, 5.74) is 0.856. The molecule has 1 saturated heterocycles. The van der Waals surface area contributed by atoms with Crippen LogP contribution in [0.4, 0.5) is 0 Å². The third-order valence-corrected chi connectivity index (χ3v) is 4.71. The molecule has 0 aromatic heterocycles. The molecule has 11 heteroatoms. The lowest BCUT2D eigenvalue weighted by atomic mass is 9.98. The molecule has 0 aliphatic carbocycles.